The number of fused-ring (bicyclic) bond motifs is 1. The zero-order valence-electron chi connectivity index (χ0n) is 12.1. The Morgan fingerprint density at radius 3 is 2.60 bits per heavy atom. The monoisotopic (exact) mass is 277 g/mol. The molecule has 3 rings (SSSR count). The molecule has 0 bridgehead atoms. The Balaban J connectivity index is 1.82. The summed E-state index contributed by atoms with van der Waals surface area (Å²) in [5.74, 6) is 2.45. The molecule has 4 nitrogen and oxygen atoms in total. The van der Waals surface area contributed by atoms with Crippen molar-refractivity contribution in [3.05, 3.63) is 23.3 Å². The molecule has 0 aromatic heterocycles. The lowest BCUT2D eigenvalue weighted by Crippen LogP contribution is -2.31. The van der Waals surface area contributed by atoms with E-state index in [0.29, 0.717) is 25.7 Å². The minimum Gasteiger partial charge on any atom is -0.486 e. The summed E-state index contributed by atoms with van der Waals surface area (Å²) in [6.07, 6.45) is 3.66. The number of methoxy groups -OCH3 is 1. The van der Waals surface area contributed by atoms with Crippen molar-refractivity contribution < 1.29 is 14.2 Å². The van der Waals surface area contributed by atoms with Crippen LogP contribution in [-0.2, 0) is 17.8 Å². The van der Waals surface area contributed by atoms with E-state index in [0.717, 1.165) is 31.0 Å². The fourth-order valence-corrected chi connectivity index (χ4v) is 3.06. The first-order valence-corrected chi connectivity index (χ1v) is 7.48. The van der Waals surface area contributed by atoms with Gasteiger partial charge in [0.05, 0.1) is 6.61 Å². The Kier molecular flexibility index (Phi) is 4.43. The molecule has 1 N–H and O–H groups in total. The van der Waals surface area contributed by atoms with Crippen molar-refractivity contribution in [2.24, 2.45) is 5.92 Å². The number of rotatable bonds is 4. The number of benzene rings is 1. The zero-order chi connectivity index (χ0) is 13.8. The molecule has 0 amide bonds. The van der Waals surface area contributed by atoms with Gasteiger partial charge in [-0.2, -0.15) is 0 Å². The predicted molar refractivity (Wildman–Crippen MR) is 77.4 cm³/mol. The highest BCUT2D eigenvalue weighted by Crippen LogP contribution is 2.35. The van der Waals surface area contributed by atoms with Crippen molar-refractivity contribution in [2.45, 2.75) is 25.9 Å². The van der Waals surface area contributed by atoms with E-state index >= 15 is 0 Å². The van der Waals surface area contributed by atoms with Crippen LogP contribution in [0.3, 0.4) is 0 Å². The minimum absolute atomic E-state index is 0.630. The summed E-state index contributed by atoms with van der Waals surface area (Å²) in [4.78, 5) is 0. The van der Waals surface area contributed by atoms with Crippen molar-refractivity contribution in [3.8, 4) is 11.5 Å². The Labute approximate surface area is 120 Å². The highest BCUT2D eigenvalue weighted by molar-refractivity contribution is 5.48. The van der Waals surface area contributed by atoms with Crippen molar-refractivity contribution in [3.63, 3.8) is 0 Å². The normalized spacial score (nSPS) is 21.8. The molecule has 20 heavy (non-hydrogen) atoms. The summed E-state index contributed by atoms with van der Waals surface area (Å²) < 4.78 is 16.7. The van der Waals surface area contributed by atoms with Crippen LogP contribution in [0, 0.1) is 5.92 Å². The second-order valence-electron chi connectivity index (χ2n) is 5.61. The van der Waals surface area contributed by atoms with Crippen LogP contribution >= 0.6 is 0 Å². The average molecular weight is 277 g/mol. The minimum atomic E-state index is 0.630. The molecule has 1 fully saturated rings. The fraction of sp³-hybridized carbons (Fsp3) is 0.625. The van der Waals surface area contributed by atoms with Gasteiger partial charge in [0.2, 0.25) is 0 Å². The smallest absolute Gasteiger partial charge is 0.161 e. The van der Waals surface area contributed by atoms with Crippen LogP contribution in [0.2, 0.25) is 0 Å². The summed E-state index contributed by atoms with van der Waals surface area (Å²) in [5.41, 5.74) is 2.56. The molecule has 0 spiro atoms. The van der Waals surface area contributed by atoms with Crippen LogP contribution in [0.5, 0.6) is 11.5 Å². The van der Waals surface area contributed by atoms with E-state index in [1.54, 1.807) is 7.11 Å². The van der Waals surface area contributed by atoms with E-state index in [9.17, 15) is 0 Å². The Morgan fingerprint density at radius 1 is 1.20 bits per heavy atom. The van der Waals surface area contributed by atoms with Gasteiger partial charge in [0.1, 0.15) is 13.2 Å². The molecule has 2 heterocycles. The summed E-state index contributed by atoms with van der Waals surface area (Å²) >= 11 is 0. The highest BCUT2D eigenvalue weighted by atomic mass is 16.6. The standard InChI is InChI=1S/C16H23NO3/c1-18-11-14-9-16-15(19-5-6-20-16)8-13(14)7-12-3-2-4-17-10-12/h8-9,12,17H,2-7,10-11H2,1H3. The van der Waals surface area contributed by atoms with E-state index in [4.69, 9.17) is 14.2 Å². The molecular formula is C16H23NO3. The van der Waals surface area contributed by atoms with Gasteiger partial charge >= 0.3 is 0 Å². The van der Waals surface area contributed by atoms with Crippen LogP contribution in [0.15, 0.2) is 12.1 Å². The number of nitrogens with one attached hydrogen (secondary N) is 1. The first-order chi connectivity index (χ1) is 9.86. The number of hydrogen-bond donors (Lipinski definition) is 1. The second kappa shape index (κ2) is 6.46. The molecule has 1 aromatic carbocycles. The predicted octanol–water partition coefficient (Wildman–Crippen LogP) is 2.15. The molecule has 1 unspecified atom stereocenters. The maximum Gasteiger partial charge on any atom is 0.161 e. The van der Waals surface area contributed by atoms with E-state index in [1.807, 2.05) is 0 Å². The topological polar surface area (TPSA) is 39.7 Å². The SMILES string of the molecule is COCc1cc2c(cc1CC1CCCNC1)OCCO2. The highest BCUT2D eigenvalue weighted by Gasteiger charge is 2.19. The Morgan fingerprint density at radius 2 is 1.95 bits per heavy atom. The van der Waals surface area contributed by atoms with Gasteiger partial charge in [-0.15, -0.1) is 0 Å². The first kappa shape index (κ1) is 13.7. The third-order valence-electron chi connectivity index (χ3n) is 4.07. The van der Waals surface area contributed by atoms with Crippen LogP contribution in [0.25, 0.3) is 0 Å². The molecule has 2 aliphatic heterocycles. The summed E-state index contributed by atoms with van der Waals surface area (Å²) in [7, 11) is 1.74. The van der Waals surface area contributed by atoms with Gasteiger partial charge < -0.3 is 19.5 Å². The maximum absolute atomic E-state index is 5.70. The molecule has 0 radical (unpaired) electrons. The van der Waals surface area contributed by atoms with Gasteiger partial charge in [0.15, 0.2) is 11.5 Å². The third kappa shape index (κ3) is 3.07. The molecule has 0 aliphatic carbocycles. The molecule has 1 atom stereocenters. The van der Waals surface area contributed by atoms with E-state index in [2.05, 4.69) is 17.4 Å². The van der Waals surface area contributed by atoms with Gasteiger partial charge in [-0.25, -0.2) is 0 Å². The second-order valence-corrected chi connectivity index (χ2v) is 5.61. The molecule has 2 aliphatic rings. The Bertz CT molecular complexity index is 455. The number of hydrogen-bond acceptors (Lipinski definition) is 4. The lowest BCUT2D eigenvalue weighted by molar-refractivity contribution is 0.166. The average Bonchev–Trinajstić information content (AvgIpc) is 2.49. The third-order valence-corrected chi connectivity index (χ3v) is 4.07. The molecule has 1 saturated heterocycles. The molecule has 0 saturated carbocycles. The van der Waals surface area contributed by atoms with Gasteiger partial charge in [-0.1, -0.05) is 0 Å². The van der Waals surface area contributed by atoms with Crippen LogP contribution < -0.4 is 14.8 Å². The quantitative estimate of drug-likeness (QED) is 0.915. The van der Waals surface area contributed by atoms with Crippen molar-refractivity contribution in [1.82, 2.24) is 5.32 Å². The summed E-state index contributed by atoms with van der Waals surface area (Å²) in [6, 6.07) is 4.24. The molecule has 110 valence electrons. The van der Waals surface area contributed by atoms with Crippen LogP contribution in [0.4, 0.5) is 0 Å². The van der Waals surface area contributed by atoms with Gasteiger partial charge in [-0.05, 0) is 61.5 Å². The van der Waals surface area contributed by atoms with E-state index in [1.165, 1.54) is 24.0 Å². The number of ether oxygens (including phenoxy) is 3. The van der Waals surface area contributed by atoms with E-state index < -0.39 is 0 Å². The lowest BCUT2D eigenvalue weighted by atomic mass is 9.90. The van der Waals surface area contributed by atoms with E-state index in [-0.39, 0.29) is 0 Å². The number of piperidine rings is 1. The van der Waals surface area contributed by atoms with Crippen LogP contribution in [-0.4, -0.2) is 33.4 Å². The van der Waals surface area contributed by atoms with Gasteiger partial charge in [0, 0.05) is 7.11 Å². The van der Waals surface area contributed by atoms with Gasteiger partial charge in [0.25, 0.3) is 0 Å². The molecule has 1 aromatic rings. The molecular weight excluding hydrogens is 254 g/mol. The summed E-state index contributed by atoms with van der Waals surface area (Å²) in [6.45, 7) is 4.17. The van der Waals surface area contributed by atoms with Crippen molar-refractivity contribution in [1.29, 1.82) is 0 Å². The maximum atomic E-state index is 5.70. The van der Waals surface area contributed by atoms with Crippen molar-refractivity contribution in [2.75, 3.05) is 33.4 Å². The van der Waals surface area contributed by atoms with Gasteiger partial charge in [-0.3, -0.25) is 0 Å². The first-order valence-electron chi connectivity index (χ1n) is 7.48. The fourth-order valence-electron chi connectivity index (χ4n) is 3.06. The Hall–Kier alpha value is -1.26. The lowest BCUT2D eigenvalue weighted by Gasteiger charge is -2.25. The molecule has 4 heteroatoms. The summed E-state index contributed by atoms with van der Waals surface area (Å²) in [5, 5.41) is 3.48. The van der Waals surface area contributed by atoms with Crippen molar-refractivity contribution >= 4 is 0 Å². The van der Waals surface area contributed by atoms with Crippen LogP contribution in [0.1, 0.15) is 24.0 Å². The zero-order valence-corrected chi connectivity index (χ0v) is 12.1. The largest absolute Gasteiger partial charge is 0.486 e.